The molecule has 15 heavy (non-hydrogen) atoms. The quantitative estimate of drug-likeness (QED) is 0.695. The molecule has 0 amide bonds. The third-order valence-electron chi connectivity index (χ3n) is 3.80. The van der Waals surface area contributed by atoms with Gasteiger partial charge in [-0.1, -0.05) is 17.7 Å². The van der Waals surface area contributed by atoms with Crippen LogP contribution in [0.25, 0.3) is 0 Å². The van der Waals surface area contributed by atoms with E-state index in [-0.39, 0.29) is 0 Å². The first-order valence-corrected chi connectivity index (χ1v) is 6.13. The van der Waals surface area contributed by atoms with E-state index in [9.17, 15) is 0 Å². The first-order valence-electron chi connectivity index (χ1n) is 5.75. The van der Waals surface area contributed by atoms with Crippen LogP contribution in [0.3, 0.4) is 0 Å². The summed E-state index contributed by atoms with van der Waals surface area (Å²) in [4.78, 5) is 2.64. The molecule has 0 aromatic heterocycles. The number of hydrogen-bond acceptors (Lipinski definition) is 1. The maximum atomic E-state index is 6.07. The molecule has 1 saturated heterocycles. The van der Waals surface area contributed by atoms with Crippen LogP contribution in [0.2, 0.25) is 5.02 Å². The molecule has 0 aliphatic carbocycles. The molecular formula is C13H16ClN. The molecule has 1 nitrogen and oxygen atoms in total. The minimum Gasteiger partial charge on any atom is -0.287 e. The van der Waals surface area contributed by atoms with Crippen LogP contribution in [0.4, 0.5) is 0 Å². The summed E-state index contributed by atoms with van der Waals surface area (Å²) in [6.07, 6.45) is 2.62. The minimum absolute atomic E-state index is 0.628. The van der Waals surface area contributed by atoms with E-state index in [1.165, 1.54) is 24.0 Å². The monoisotopic (exact) mass is 221 g/mol. The first kappa shape index (κ1) is 9.68. The molecule has 2 atom stereocenters. The summed E-state index contributed by atoms with van der Waals surface area (Å²) in [6.45, 7) is 4.58. The Labute approximate surface area is 96.0 Å². The molecule has 2 aliphatic heterocycles. The fraction of sp³-hybridized carbons (Fsp3) is 0.538. The van der Waals surface area contributed by atoms with Crippen molar-refractivity contribution in [3.8, 4) is 0 Å². The van der Waals surface area contributed by atoms with E-state index < -0.39 is 0 Å². The normalized spacial score (nSPS) is 28.8. The van der Waals surface area contributed by atoms with E-state index in [0.717, 1.165) is 5.02 Å². The lowest BCUT2D eigenvalue weighted by atomic mass is 9.92. The van der Waals surface area contributed by atoms with Crippen molar-refractivity contribution in [2.24, 2.45) is 0 Å². The number of hydrogen-bond donors (Lipinski definition) is 0. The lowest BCUT2D eigenvalue weighted by Gasteiger charge is -2.26. The molecule has 1 aromatic carbocycles. The van der Waals surface area contributed by atoms with Crippen LogP contribution < -0.4 is 0 Å². The molecule has 0 N–H and O–H groups in total. The summed E-state index contributed by atoms with van der Waals surface area (Å²) in [5, 5.41) is 0.880. The van der Waals surface area contributed by atoms with Gasteiger partial charge in [0.15, 0.2) is 0 Å². The zero-order valence-electron chi connectivity index (χ0n) is 9.20. The van der Waals surface area contributed by atoms with E-state index >= 15 is 0 Å². The average molecular weight is 222 g/mol. The van der Waals surface area contributed by atoms with Crippen molar-refractivity contribution in [1.82, 2.24) is 4.90 Å². The van der Waals surface area contributed by atoms with Crippen molar-refractivity contribution in [3.63, 3.8) is 0 Å². The smallest absolute Gasteiger partial charge is 0.0409 e. The predicted octanol–water partition coefficient (Wildman–Crippen LogP) is 3.94. The van der Waals surface area contributed by atoms with Gasteiger partial charge in [0.25, 0.3) is 0 Å². The minimum atomic E-state index is 0.628. The summed E-state index contributed by atoms with van der Waals surface area (Å²) in [5.74, 6) is 0. The van der Waals surface area contributed by atoms with E-state index in [1.807, 2.05) is 6.07 Å². The second-order valence-corrected chi connectivity index (χ2v) is 5.36. The van der Waals surface area contributed by atoms with Crippen LogP contribution in [-0.2, 0) is 0 Å². The van der Waals surface area contributed by atoms with Gasteiger partial charge in [-0.3, -0.25) is 4.90 Å². The zero-order valence-corrected chi connectivity index (χ0v) is 9.96. The second kappa shape index (κ2) is 3.23. The average Bonchev–Trinajstić information content (AvgIpc) is 2.72. The summed E-state index contributed by atoms with van der Waals surface area (Å²) in [7, 11) is 0. The Morgan fingerprint density at radius 3 is 2.53 bits per heavy atom. The molecule has 2 unspecified atom stereocenters. The number of rotatable bonds is 1. The number of benzene rings is 1. The van der Waals surface area contributed by atoms with Gasteiger partial charge in [0, 0.05) is 23.1 Å². The zero-order chi connectivity index (χ0) is 10.6. The summed E-state index contributed by atoms with van der Waals surface area (Å²) in [6, 6.07) is 8.33. The Morgan fingerprint density at radius 1 is 1.20 bits per heavy atom. The lowest BCUT2D eigenvalue weighted by Crippen LogP contribution is -2.27. The number of nitrogens with zero attached hydrogens (tertiary/aromatic N) is 1. The fourth-order valence-corrected chi connectivity index (χ4v) is 3.50. The highest BCUT2D eigenvalue weighted by Crippen LogP contribution is 2.54. The molecule has 0 saturated carbocycles. The Morgan fingerprint density at radius 2 is 1.87 bits per heavy atom. The van der Waals surface area contributed by atoms with Crippen molar-refractivity contribution >= 4 is 11.6 Å². The SMILES string of the molecule is CC(C)N1C2CCC1c1cc(Cl)ccc12. The molecule has 2 heteroatoms. The molecule has 2 bridgehead atoms. The summed E-state index contributed by atoms with van der Waals surface area (Å²) < 4.78 is 0. The van der Waals surface area contributed by atoms with Gasteiger partial charge in [-0.2, -0.15) is 0 Å². The van der Waals surface area contributed by atoms with Gasteiger partial charge >= 0.3 is 0 Å². The molecule has 80 valence electrons. The first-order chi connectivity index (χ1) is 7.18. The molecular weight excluding hydrogens is 206 g/mol. The van der Waals surface area contributed by atoms with Crippen LogP contribution in [-0.4, -0.2) is 10.9 Å². The Hall–Kier alpha value is -0.530. The van der Waals surface area contributed by atoms with Gasteiger partial charge in [0.2, 0.25) is 0 Å². The second-order valence-electron chi connectivity index (χ2n) is 4.92. The Kier molecular flexibility index (Phi) is 2.08. The fourth-order valence-electron chi connectivity index (χ4n) is 3.32. The molecule has 1 aromatic rings. The predicted molar refractivity (Wildman–Crippen MR) is 63.1 cm³/mol. The third kappa shape index (κ3) is 1.26. The third-order valence-corrected chi connectivity index (χ3v) is 4.03. The largest absolute Gasteiger partial charge is 0.287 e. The topological polar surface area (TPSA) is 3.24 Å². The summed E-state index contributed by atoms with van der Waals surface area (Å²) >= 11 is 6.07. The molecule has 2 aliphatic rings. The van der Waals surface area contributed by atoms with E-state index in [0.29, 0.717) is 18.1 Å². The summed E-state index contributed by atoms with van der Waals surface area (Å²) in [5.41, 5.74) is 3.00. The maximum absolute atomic E-state index is 6.07. The van der Waals surface area contributed by atoms with Crippen molar-refractivity contribution in [3.05, 3.63) is 34.3 Å². The van der Waals surface area contributed by atoms with Crippen LogP contribution in [0.1, 0.15) is 49.9 Å². The molecule has 0 radical (unpaired) electrons. The number of halogens is 1. The molecule has 3 rings (SSSR count). The van der Waals surface area contributed by atoms with Crippen LogP contribution in [0.15, 0.2) is 18.2 Å². The van der Waals surface area contributed by atoms with E-state index in [2.05, 4.69) is 30.9 Å². The lowest BCUT2D eigenvalue weighted by molar-refractivity contribution is 0.174. The van der Waals surface area contributed by atoms with Crippen LogP contribution in [0, 0.1) is 0 Å². The van der Waals surface area contributed by atoms with Crippen molar-refractivity contribution in [2.45, 2.75) is 44.8 Å². The standard InChI is InChI=1S/C13H16ClN/c1-8(2)15-12-5-6-13(15)11-7-9(14)3-4-10(11)12/h3-4,7-8,12-13H,5-6H2,1-2H3. The Balaban J connectivity index is 2.09. The maximum Gasteiger partial charge on any atom is 0.0409 e. The molecule has 2 heterocycles. The van der Waals surface area contributed by atoms with Gasteiger partial charge in [-0.25, -0.2) is 0 Å². The Bertz CT molecular complexity index is 400. The van der Waals surface area contributed by atoms with Crippen molar-refractivity contribution < 1.29 is 0 Å². The molecule has 1 fully saturated rings. The van der Waals surface area contributed by atoms with Crippen LogP contribution in [0.5, 0.6) is 0 Å². The highest BCUT2D eigenvalue weighted by molar-refractivity contribution is 6.30. The highest BCUT2D eigenvalue weighted by Gasteiger charge is 2.44. The van der Waals surface area contributed by atoms with Crippen molar-refractivity contribution in [1.29, 1.82) is 0 Å². The van der Waals surface area contributed by atoms with E-state index in [1.54, 1.807) is 0 Å². The van der Waals surface area contributed by atoms with Crippen LogP contribution >= 0.6 is 11.6 Å². The number of fused-ring (bicyclic) bond motifs is 5. The van der Waals surface area contributed by atoms with Gasteiger partial charge in [0.05, 0.1) is 0 Å². The van der Waals surface area contributed by atoms with E-state index in [4.69, 9.17) is 11.6 Å². The molecule has 0 spiro atoms. The van der Waals surface area contributed by atoms with Gasteiger partial charge in [-0.05, 0) is 49.9 Å². The highest BCUT2D eigenvalue weighted by atomic mass is 35.5. The van der Waals surface area contributed by atoms with Gasteiger partial charge in [0.1, 0.15) is 0 Å². The van der Waals surface area contributed by atoms with Gasteiger partial charge in [-0.15, -0.1) is 0 Å². The van der Waals surface area contributed by atoms with Crippen molar-refractivity contribution in [2.75, 3.05) is 0 Å². The van der Waals surface area contributed by atoms with Gasteiger partial charge < -0.3 is 0 Å².